The van der Waals surface area contributed by atoms with Crippen LogP contribution in [0.4, 0.5) is 4.39 Å². The van der Waals surface area contributed by atoms with E-state index < -0.39 is 0 Å². The number of carbonyl (C=O) groups excluding carboxylic acids is 1. The molecule has 2 unspecified atom stereocenters. The number of benzene rings is 1. The number of hydrogen-bond acceptors (Lipinski definition) is 3. The molecule has 1 amide bonds. The summed E-state index contributed by atoms with van der Waals surface area (Å²) in [4.78, 5) is 14.2. The second-order valence-corrected chi connectivity index (χ2v) is 6.32. The predicted molar refractivity (Wildman–Crippen MR) is 89.5 cm³/mol. The van der Waals surface area contributed by atoms with Crippen molar-refractivity contribution in [2.75, 3.05) is 13.7 Å². The zero-order valence-electron chi connectivity index (χ0n) is 13.3. The van der Waals surface area contributed by atoms with Crippen LogP contribution < -0.4 is 10.1 Å². The van der Waals surface area contributed by atoms with Crippen molar-refractivity contribution in [3.63, 3.8) is 0 Å². The van der Waals surface area contributed by atoms with Crippen LogP contribution >= 0.6 is 12.4 Å². The third-order valence-electron chi connectivity index (χ3n) is 4.79. The van der Waals surface area contributed by atoms with Gasteiger partial charge in [0.05, 0.1) is 13.0 Å². The summed E-state index contributed by atoms with van der Waals surface area (Å²) < 4.78 is 18.3. The lowest BCUT2D eigenvalue weighted by Crippen LogP contribution is -2.48. The number of ether oxygens (including phenoxy) is 1. The van der Waals surface area contributed by atoms with Crippen LogP contribution in [0.25, 0.3) is 0 Å². The van der Waals surface area contributed by atoms with Gasteiger partial charge in [0.1, 0.15) is 11.6 Å². The van der Waals surface area contributed by atoms with E-state index in [0.717, 1.165) is 12.8 Å². The summed E-state index contributed by atoms with van der Waals surface area (Å²) >= 11 is 0. The highest BCUT2D eigenvalue weighted by molar-refractivity contribution is 5.85. The van der Waals surface area contributed by atoms with Crippen LogP contribution in [-0.2, 0) is 4.79 Å². The fourth-order valence-corrected chi connectivity index (χ4v) is 3.51. The van der Waals surface area contributed by atoms with E-state index in [1.165, 1.54) is 25.0 Å². The Morgan fingerprint density at radius 3 is 2.48 bits per heavy atom. The highest BCUT2D eigenvalue weighted by atomic mass is 35.5. The van der Waals surface area contributed by atoms with E-state index in [9.17, 15) is 9.18 Å². The first-order valence-corrected chi connectivity index (χ1v) is 8.02. The zero-order chi connectivity index (χ0) is 15.5. The van der Waals surface area contributed by atoms with Gasteiger partial charge in [-0.15, -0.1) is 12.4 Å². The smallest absolute Gasteiger partial charge is 0.225 e. The Morgan fingerprint density at radius 2 is 1.87 bits per heavy atom. The zero-order valence-corrected chi connectivity index (χ0v) is 14.2. The van der Waals surface area contributed by atoms with E-state index in [0.29, 0.717) is 36.9 Å². The van der Waals surface area contributed by atoms with E-state index in [4.69, 9.17) is 4.74 Å². The molecule has 6 heteroatoms. The van der Waals surface area contributed by atoms with Crippen molar-refractivity contribution in [1.82, 2.24) is 10.2 Å². The third-order valence-corrected chi connectivity index (χ3v) is 4.79. The molecule has 0 saturated carbocycles. The van der Waals surface area contributed by atoms with Gasteiger partial charge >= 0.3 is 0 Å². The second-order valence-electron chi connectivity index (χ2n) is 6.32. The van der Waals surface area contributed by atoms with Crippen molar-refractivity contribution in [2.24, 2.45) is 0 Å². The molecule has 23 heavy (non-hydrogen) atoms. The van der Waals surface area contributed by atoms with Gasteiger partial charge in [0.2, 0.25) is 5.91 Å². The summed E-state index contributed by atoms with van der Waals surface area (Å²) in [6.45, 7) is 0.326. The molecule has 2 fully saturated rings. The summed E-state index contributed by atoms with van der Waals surface area (Å²) in [5, 5.41) is 3.59. The summed E-state index contributed by atoms with van der Waals surface area (Å²) in [7, 11) is 1.90. The normalized spacial score (nSPS) is 25.6. The van der Waals surface area contributed by atoms with Gasteiger partial charge in [-0.05, 0) is 49.9 Å². The van der Waals surface area contributed by atoms with Gasteiger partial charge in [-0.25, -0.2) is 4.39 Å². The number of nitrogens with one attached hydrogen (secondary N) is 1. The lowest BCUT2D eigenvalue weighted by Gasteiger charge is -2.35. The Balaban J connectivity index is 0.00000192. The van der Waals surface area contributed by atoms with Gasteiger partial charge in [-0.2, -0.15) is 0 Å². The van der Waals surface area contributed by atoms with Gasteiger partial charge in [-0.3, -0.25) is 4.79 Å². The molecule has 2 aliphatic rings. The lowest BCUT2D eigenvalue weighted by molar-refractivity contribution is -0.133. The Bertz CT molecular complexity index is 514. The number of nitrogens with zero attached hydrogens (tertiary/aromatic N) is 1. The van der Waals surface area contributed by atoms with Crippen LogP contribution in [0.2, 0.25) is 0 Å². The van der Waals surface area contributed by atoms with E-state index in [1.807, 2.05) is 11.9 Å². The highest BCUT2D eigenvalue weighted by Crippen LogP contribution is 2.29. The topological polar surface area (TPSA) is 41.6 Å². The van der Waals surface area contributed by atoms with Crippen molar-refractivity contribution < 1.29 is 13.9 Å². The molecule has 2 saturated heterocycles. The minimum absolute atomic E-state index is 0. The highest BCUT2D eigenvalue weighted by Gasteiger charge is 2.36. The number of fused-ring (bicyclic) bond motifs is 2. The van der Waals surface area contributed by atoms with Gasteiger partial charge in [-0.1, -0.05) is 0 Å². The van der Waals surface area contributed by atoms with Crippen LogP contribution in [0.15, 0.2) is 24.3 Å². The standard InChI is InChI=1S/C17H23FN2O2.ClH/c1-20(15-10-13-4-5-14(11-15)19-13)17(21)8-9-22-16-6-2-12(18)3-7-16;/h2-3,6-7,13-15,19H,4-5,8-11H2,1H3;1H. The molecule has 1 N–H and O–H groups in total. The molecule has 1 aromatic rings. The Hall–Kier alpha value is -1.33. The molecule has 2 aliphatic heterocycles. The maximum absolute atomic E-state index is 12.8. The van der Waals surface area contributed by atoms with E-state index in [2.05, 4.69) is 5.32 Å². The second kappa shape index (κ2) is 7.97. The van der Waals surface area contributed by atoms with Crippen LogP contribution in [0, 0.1) is 5.82 Å². The number of rotatable bonds is 5. The summed E-state index contributed by atoms with van der Waals surface area (Å²) in [6.07, 6.45) is 4.93. The van der Waals surface area contributed by atoms with Crippen molar-refractivity contribution >= 4 is 18.3 Å². The van der Waals surface area contributed by atoms with Crippen LogP contribution in [0.1, 0.15) is 32.1 Å². The fourth-order valence-electron chi connectivity index (χ4n) is 3.51. The molecule has 0 radical (unpaired) electrons. The van der Waals surface area contributed by atoms with Crippen molar-refractivity contribution in [3.8, 4) is 5.75 Å². The fraction of sp³-hybridized carbons (Fsp3) is 0.588. The largest absolute Gasteiger partial charge is 0.493 e. The summed E-state index contributed by atoms with van der Waals surface area (Å²) in [5.41, 5.74) is 0. The first-order valence-electron chi connectivity index (χ1n) is 8.02. The molecule has 2 bridgehead atoms. The molecule has 3 rings (SSSR count). The molecule has 0 spiro atoms. The monoisotopic (exact) mass is 342 g/mol. The first-order chi connectivity index (χ1) is 10.6. The Kier molecular flexibility index (Phi) is 6.25. The SMILES string of the molecule is CN(C(=O)CCOc1ccc(F)cc1)C1CC2CCC(C1)N2.Cl. The van der Waals surface area contributed by atoms with Crippen molar-refractivity contribution in [3.05, 3.63) is 30.1 Å². The quantitative estimate of drug-likeness (QED) is 0.894. The molecule has 2 heterocycles. The minimum atomic E-state index is -0.288. The number of piperidine rings is 1. The van der Waals surface area contributed by atoms with Crippen molar-refractivity contribution in [2.45, 2.75) is 50.2 Å². The van der Waals surface area contributed by atoms with Gasteiger partial charge in [0.25, 0.3) is 0 Å². The molecular formula is C17H24ClFN2O2. The Morgan fingerprint density at radius 1 is 1.26 bits per heavy atom. The molecule has 4 nitrogen and oxygen atoms in total. The van der Waals surface area contributed by atoms with Gasteiger partial charge in [0.15, 0.2) is 0 Å². The molecular weight excluding hydrogens is 319 g/mol. The van der Waals surface area contributed by atoms with Gasteiger partial charge < -0.3 is 15.0 Å². The molecule has 128 valence electrons. The minimum Gasteiger partial charge on any atom is -0.493 e. The average Bonchev–Trinajstić information content (AvgIpc) is 2.86. The summed E-state index contributed by atoms with van der Waals surface area (Å²) in [6, 6.07) is 7.37. The molecule has 0 aromatic heterocycles. The van der Waals surface area contributed by atoms with E-state index in [-0.39, 0.29) is 24.1 Å². The van der Waals surface area contributed by atoms with Gasteiger partial charge in [0, 0.05) is 25.2 Å². The predicted octanol–water partition coefficient (Wildman–Crippen LogP) is 2.76. The molecule has 0 aliphatic carbocycles. The molecule has 2 atom stereocenters. The van der Waals surface area contributed by atoms with E-state index in [1.54, 1.807) is 12.1 Å². The van der Waals surface area contributed by atoms with Crippen LogP contribution in [0.5, 0.6) is 5.75 Å². The van der Waals surface area contributed by atoms with Crippen molar-refractivity contribution in [1.29, 1.82) is 0 Å². The number of hydrogen-bond donors (Lipinski definition) is 1. The lowest BCUT2D eigenvalue weighted by atomic mass is 9.98. The number of amides is 1. The van der Waals surface area contributed by atoms with Crippen LogP contribution in [-0.4, -0.2) is 42.6 Å². The third kappa shape index (κ3) is 4.58. The van der Waals surface area contributed by atoms with Crippen LogP contribution in [0.3, 0.4) is 0 Å². The molecule has 1 aromatic carbocycles. The number of carbonyl (C=O) groups is 1. The maximum atomic E-state index is 12.8. The average molecular weight is 343 g/mol. The number of halogens is 2. The summed E-state index contributed by atoms with van der Waals surface area (Å²) in [5.74, 6) is 0.425. The first kappa shape index (κ1) is 18.0. The van der Waals surface area contributed by atoms with E-state index >= 15 is 0 Å². The maximum Gasteiger partial charge on any atom is 0.225 e. The Labute approximate surface area is 142 Å².